The summed E-state index contributed by atoms with van der Waals surface area (Å²) in [4.78, 5) is 32.5. The van der Waals surface area contributed by atoms with Crippen molar-refractivity contribution >= 4 is 39.2 Å². The Morgan fingerprint density at radius 1 is 1.08 bits per heavy atom. The zero-order valence-electron chi connectivity index (χ0n) is 34.6. The van der Waals surface area contributed by atoms with Gasteiger partial charge in [-0.15, -0.1) is 0 Å². The third kappa shape index (κ3) is 8.99. The van der Waals surface area contributed by atoms with Gasteiger partial charge in [0.1, 0.15) is 23.6 Å². The number of sulfonamides is 1. The number of ether oxygens (including phenoxy) is 3. The van der Waals surface area contributed by atoms with Crippen molar-refractivity contribution in [3.05, 3.63) is 94.4 Å². The van der Waals surface area contributed by atoms with Crippen molar-refractivity contribution in [2.24, 2.45) is 18.9 Å². The highest BCUT2D eigenvalue weighted by Crippen LogP contribution is 2.58. The molecule has 328 valence electrons. The van der Waals surface area contributed by atoms with E-state index >= 15 is 0 Å². The van der Waals surface area contributed by atoms with Crippen LogP contribution in [0.1, 0.15) is 87.1 Å². The van der Waals surface area contributed by atoms with Crippen LogP contribution in [0.5, 0.6) is 11.5 Å². The second-order valence-corrected chi connectivity index (χ2v) is 18.9. The number of pyridine rings is 1. The van der Waals surface area contributed by atoms with E-state index in [2.05, 4.69) is 28.7 Å². The normalized spacial score (nSPS) is 22.9. The standard InChI is InChI=1S/C44H51ClF3N5O7S/c1-28(27-60-37-13-19-49-36-10-5-7-29(2)39(36)37)23-31-24-30-11-12-34(59-22-20-50-61(56,57)38-14-21-52(3)51-38)26-35(30)42(31)15-17-43(18-16-42,41(55)58-4)53(40(54)44(46,47)48)33-9-6-8-32(45)25-33/h6,8-9,11-14,19,21,25-26,28-29,31,50H,5,7,10,15-18,20,22-24,27H2,1-4H3/t28-,29-,31+,42?,43?/m1/s1. The Balaban J connectivity index is 1.18. The van der Waals surface area contributed by atoms with Gasteiger partial charge in [-0.3, -0.25) is 19.4 Å². The maximum Gasteiger partial charge on any atom is 0.471 e. The van der Waals surface area contributed by atoms with Gasteiger partial charge in [-0.25, -0.2) is 17.9 Å². The number of aromatic nitrogens is 3. The van der Waals surface area contributed by atoms with Gasteiger partial charge < -0.3 is 14.2 Å². The van der Waals surface area contributed by atoms with E-state index in [0.717, 1.165) is 54.5 Å². The van der Waals surface area contributed by atoms with E-state index in [1.807, 2.05) is 24.3 Å². The quantitative estimate of drug-likeness (QED) is 0.0990. The third-order valence-electron chi connectivity index (χ3n) is 12.8. The van der Waals surface area contributed by atoms with E-state index in [-0.39, 0.29) is 66.4 Å². The molecule has 2 heterocycles. The number of hydrogen-bond acceptors (Lipinski definition) is 9. The molecule has 17 heteroatoms. The van der Waals surface area contributed by atoms with Crippen LogP contribution in [0, 0.1) is 11.8 Å². The minimum Gasteiger partial charge on any atom is -0.493 e. The molecule has 0 unspecified atom stereocenters. The van der Waals surface area contributed by atoms with Crippen LogP contribution < -0.4 is 19.1 Å². The van der Waals surface area contributed by atoms with Gasteiger partial charge in [-0.05, 0) is 135 Å². The maximum absolute atomic E-state index is 14.5. The Morgan fingerprint density at radius 3 is 2.54 bits per heavy atom. The summed E-state index contributed by atoms with van der Waals surface area (Å²) in [6.07, 6.45) is 2.69. The van der Waals surface area contributed by atoms with Gasteiger partial charge in [0.2, 0.25) is 0 Å². The first-order valence-electron chi connectivity index (χ1n) is 20.6. The zero-order valence-corrected chi connectivity index (χ0v) is 36.2. The SMILES string of the molecule is COC(=O)C1(N(C(=O)C(F)(F)F)c2cccc(Cl)c2)CCC2(CC1)c1cc(OCCNS(=O)(=O)c3ccn(C)n3)ccc1C[C@@H]2C[C@@H](C)COc1ccnc2c1[C@H](C)CCC2. The second kappa shape index (κ2) is 17.6. The third-order valence-corrected chi connectivity index (χ3v) is 14.3. The van der Waals surface area contributed by atoms with Crippen molar-refractivity contribution in [3.63, 3.8) is 0 Å². The average Bonchev–Trinajstić information content (AvgIpc) is 3.80. The van der Waals surface area contributed by atoms with Gasteiger partial charge >= 0.3 is 18.1 Å². The van der Waals surface area contributed by atoms with Gasteiger partial charge in [0.05, 0.1) is 13.7 Å². The van der Waals surface area contributed by atoms with Crippen molar-refractivity contribution in [1.82, 2.24) is 19.5 Å². The topological polar surface area (TPSA) is 142 Å². The molecule has 3 aliphatic rings. The smallest absolute Gasteiger partial charge is 0.471 e. The number of nitrogens with one attached hydrogen (secondary N) is 1. The number of fused-ring (bicyclic) bond motifs is 3. The molecule has 3 atom stereocenters. The van der Waals surface area contributed by atoms with Gasteiger partial charge in [0.25, 0.3) is 10.0 Å². The van der Waals surface area contributed by atoms with Crippen LogP contribution in [0.15, 0.2) is 72.0 Å². The summed E-state index contributed by atoms with van der Waals surface area (Å²) < 4.78 is 90.6. The van der Waals surface area contributed by atoms with Crippen molar-refractivity contribution in [3.8, 4) is 11.5 Å². The van der Waals surface area contributed by atoms with Crippen LogP contribution in [0.3, 0.4) is 0 Å². The van der Waals surface area contributed by atoms with E-state index in [4.69, 9.17) is 25.8 Å². The number of hydrogen-bond donors (Lipinski definition) is 1. The van der Waals surface area contributed by atoms with Crippen LogP contribution in [0.25, 0.3) is 0 Å². The lowest BCUT2D eigenvalue weighted by molar-refractivity contribution is -0.174. The first kappa shape index (κ1) is 44.4. The summed E-state index contributed by atoms with van der Waals surface area (Å²) in [6.45, 7) is 4.73. The van der Waals surface area contributed by atoms with Crippen LogP contribution in [0.2, 0.25) is 5.02 Å². The summed E-state index contributed by atoms with van der Waals surface area (Å²) in [7, 11) is -1.13. The molecule has 1 fully saturated rings. The summed E-state index contributed by atoms with van der Waals surface area (Å²) in [5.41, 5.74) is 1.44. The van der Waals surface area contributed by atoms with E-state index in [1.54, 1.807) is 13.2 Å². The van der Waals surface area contributed by atoms with Gasteiger partial charge in [-0.1, -0.05) is 37.6 Å². The molecule has 12 nitrogen and oxygen atoms in total. The predicted molar refractivity (Wildman–Crippen MR) is 222 cm³/mol. The molecule has 0 aliphatic heterocycles. The van der Waals surface area contributed by atoms with Crippen molar-refractivity contribution in [2.75, 3.05) is 31.8 Å². The van der Waals surface area contributed by atoms with Crippen LogP contribution in [-0.4, -0.2) is 73.6 Å². The number of aryl methyl sites for hydroxylation is 2. The van der Waals surface area contributed by atoms with Gasteiger partial charge in [0.15, 0.2) is 5.03 Å². The summed E-state index contributed by atoms with van der Waals surface area (Å²) in [5.74, 6) is -1.43. The molecule has 1 spiro atoms. The van der Waals surface area contributed by atoms with Gasteiger partial charge in [-0.2, -0.15) is 18.3 Å². The van der Waals surface area contributed by atoms with Crippen LogP contribution in [-0.2, 0) is 49.7 Å². The molecule has 0 bridgehead atoms. The lowest BCUT2D eigenvalue weighted by Crippen LogP contribution is -2.63. The highest BCUT2D eigenvalue weighted by atomic mass is 35.5. The lowest BCUT2D eigenvalue weighted by atomic mass is 9.59. The summed E-state index contributed by atoms with van der Waals surface area (Å²) in [6, 6.07) is 14.5. The summed E-state index contributed by atoms with van der Waals surface area (Å²) >= 11 is 6.25. The lowest BCUT2D eigenvalue weighted by Gasteiger charge is -2.51. The van der Waals surface area contributed by atoms with Gasteiger partial charge in [0, 0.05) is 48.0 Å². The van der Waals surface area contributed by atoms with Crippen molar-refractivity contribution in [1.29, 1.82) is 0 Å². The monoisotopic (exact) mass is 885 g/mol. The minimum atomic E-state index is -5.31. The second-order valence-electron chi connectivity index (χ2n) is 16.7. The number of carbonyl (C=O) groups is 2. The van der Waals surface area contributed by atoms with E-state index in [1.165, 1.54) is 41.2 Å². The number of halogens is 4. The number of amides is 1. The highest BCUT2D eigenvalue weighted by molar-refractivity contribution is 7.89. The van der Waals surface area contributed by atoms with E-state index in [9.17, 15) is 31.2 Å². The number of anilines is 1. The molecular formula is C44H51ClF3N5O7S. The number of rotatable bonds is 14. The van der Waals surface area contributed by atoms with Crippen molar-refractivity contribution < 1.29 is 45.4 Å². The van der Waals surface area contributed by atoms with Crippen molar-refractivity contribution in [2.45, 2.75) is 99.7 Å². The van der Waals surface area contributed by atoms with Crippen LogP contribution in [0.4, 0.5) is 18.9 Å². The Kier molecular flexibility index (Phi) is 12.8. The Hall–Kier alpha value is -4.67. The molecule has 0 radical (unpaired) electrons. The van der Waals surface area contributed by atoms with E-state index in [0.29, 0.717) is 36.0 Å². The molecular weight excluding hydrogens is 835 g/mol. The first-order chi connectivity index (χ1) is 29.0. The first-order valence-corrected chi connectivity index (χ1v) is 22.4. The molecule has 7 rings (SSSR count). The highest BCUT2D eigenvalue weighted by Gasteiger charge is 2.60. The molecule has 61 heavy (non-hydrogen) atoms. The summed E-state index contributed by atoms with van der Waals surface area (Å²) in [5, 5.41) is 3.96. The largest absolute Gasteiger partial charge is 0.493 e. The number of carbonyl (C=O) groups excluding carboxylic acids is 2. The number of alkyl halides is 3. The maximum atomic E-state index is 14.5. The fourth-order valence-corrected chi connectivity index (χ4v) is 11.0. The molecule has 4 aromatic rings. The number of benzene rings is 2. The van der Waals surface area contributed by atoms with E-state index < -0.39 is 39.0 Å². The zero-order chi connectivity index (χ0) is 43.7. The molecule has 1 amide bonds. The number of nitrogens with zero attached hydrogens (tertiary/aromatic N) is 4. The minimum absolute atomic E-state index is 0.00653. The Labute approximate surface area is 359 Å². The van der Waals surface area contributed by atoms with Crippen LogP contribution >= 0.6 is 11.6 Å². The average molecular weight is 886 g/mol. The number of methoxy groups -OCH3 is 1. The fourth-order valence-electron chi connectivity index (χ4n) is 9.88. The predicted octanol–water partition coefficient (Wildman–Crippen LogP) is 7.86. The molecule has 2 aromatic heterocycles. The Morgan fingerprint density at radius 2 is 1.85 bits per heavy atom. The molecule has 1 saturated carbocycles. The molecule has 3 aliphatic carbocycles. The molecule has 0 saturated heterocycles. The molecule has 1 N–H and O–H groups in total. The number of esters is 1. The fraction of sp³-hybridized carbons (Fsp3) is 0.500. The molecule has 2 aromatic carbocycles. The Bertz CT molecular complexity index is 2370.